The highest BCUT2D eigenvalue weighted by molar-refractivity contribution is 7.99. The minimum atomic E-state index is -0.259. The molecule has 0 aliphatic rings. The van der Waals surface area contributed by atoms with Crippen molar-refractivity contribution in [2.45, 2.75) is 38.6 Å². The van der Waals surface area contributed by atoms with Crippen LogP contribution >= 0.6 is 23.4 Å². The van der Waals surface area contributed by atoms with E-state index in [0.29, 0.717) is 11.6 Å². The molecule has 0 saturated heterocycles. The summed E-state index contributed by atoms with van der Waals surface area (Å²) in [5.74, 6) is 2.79. The monoisotopic (exact) mass is 314 g/mol. The molecular weight excluding hydrogens is 295 g/mol. The predicted octanol–water partition coefficient (Wildman–Crippen LogP) is 5.18. The lowest BCUT2D eigenvalue weighted by atomic mass is 10.2. The van der Waals surface area contributed by atoms with E-state index >= 15 is 0 Å². The van der Waals surface area contributed by atoms with Gasteiger partial charge in [0.1, 0.15) is 11.6 Å². The summed E-state index contributed by atoms with van der Waals surface area (Å²) in [6.07, 6.45) is 1.05. The normalized spacial score (nSPS) is 14.7. The largest absolute Gasteiger partial charge is 0.324 e. The molecule has 2 rings (SSSR count). The zero-order chi connectivity index (χ0) is 14.7. The molecule has 2 unspecified atom stereocenters. The van der Waals surface area contributed by atoms with Crippen LogP contribution in [0.3, 0.4) is 0 Å². The molecule has 0 aliphatic carbocycles. The van der Waals surface area contributed by atoms with Crippen LogP contribution < -0.4 is 0 Å². The minimum absolute atomic E-state index is 0.188. The van der Waals surface area contributed by atoms with Gasteiger partial charge < -0.3 is 4.57 Å². The molecule has 2 atom stereocenters. The number of alkyl halides is 1. The number of aromatic nitrogens is 2. The van der Waals surface area contributed by atoms with E-state index in [1.165, 1.54) is 12.1 Å². The molecular formula is C15H20ClFN2S. The van der Waals surface area contributed by atoms with Crippen LogP contribution in [0.1, 0.15) is 44.4 Å². The van der Waals surface area contributed by atoms with Gasteiger partial charge in [-0.25, -0.2) is 9.37 Å². The van der Waals surface area contributed by atoms with Crippen LogP contribution in [-0.2, 0) is 0 Å². The third kappa shape index (κ3) is 3.29. The molecule has 5 heteroatoms. The van der Waals surface area contributed by atoms with Gasteiger partial charge in [0, 0.05) is 12.1 Å². The highest BCUT2D eigenvalue weighted by Gasteiger charge is 2.19. The maximum absolute atomic E-state index is 13.3. The van der Waals surface area contributed by atoms with E-state index in [1.807, 2.05) is 18.7 Å². The SMILES string of the molecule is CCSCCC(C)n1c(C(C)Cl)nc2cc(F)ccc21. The van der Waals surface area contributed by atoms with Crippen molar-refractivity contribution in [3.05, 3.63) is 29.8 Å². The van der Waals surface area contributed by atoms with Crippen molar-refractivity contribution in [1.82, 2.24) is 9.55 Å². The molecule has 2 aromatic rings. The van der Waals surface area contributed by atoms with Gasteiger partial charge in [-0.1, -0.05) is 6.92 Å². The van der Waals surface area contributed by atoms with Crippen LogP contribution in [0.15, 0.2) is 18.2 Å². The fourth-order valence-electron chi connectivity index (χ4n) is 2.36. The third-order valence-electron chi connectivity index (χ3n) is 3.36. The topological polar surface area (TPSA) is 17.8 Å². The van der Waals surface area contributed by atoms with Crippen molar-refractivity contribution in [3.8, 4) is 0 Å². The maximum Gasteiger partial charge on any atom is 0.127 e. The fourth-order valence-corrected chi connectivity index (χ4v) is 3.31. The molecule has 0 spiro atoms. The highest BCUT2D eigenvalue weighted by atomic mass is 35.5. The highest BCUT2D eigenvalue weighted by Crippen LogP contribution is 2.30. The lowest BCUT2D eigenvalue weighted by Gasteiger charge is -2.18. The standard InChI is InChI=1S/C15H20ClFN2S/c1-4-20-8-7-10(2)19-14-6-5-12(17)9-13(14)18-15(19)11(3)16/h5-6,9-11H,4,7-8H2,1-3H3. The van der Waals surface area contributed by atoms with Crippen LogP contribution in [0, 0.1) is 5.82 Å². The Balaban J connectivity index is 2.40. The molecule has 0 fully saturated rings. The molecule has 20 heavy (non-hydrogen) atoms. The number of imidazole rings is 1. The summed E-state index contributed by atoms with van der Waals surface area (Å²) >= 11 is 8.17. The van der Waals surface area contributed by atoms with E-state index in [-0.39, 0.29) is 11.2 Å². The summed E-state index contributed by atoms with van der Waals surface area (Å²) in [4.78, 5) is 4.51. The first-order valence-electron chi connectivity index (χ1n) is 6.93. The minimum Gasteiger partial charge on any atom is -0.324 e. The first-order valence-corrected chi connectivity index (χ1v) is 8.53. The Morgan fingerprint density at radius 3 is 2.80 bits per heavy atom. The Hall–Kier alpha value is -0.740. The summed E-state index contributed by atoms with van der Waals surface area (Å²) in [6, 6.07) is 5.06. The molecule has 2 nitrogen and oxygen atoms in total. The van der Waals surface area contributed by atoms with Crippen LogP contribution in [0.2, 0.25) is 0 Å². The smallest absolute Gasteiger partial charge is 0.127 e. The van der Waals surface area contributed by atoms with E-state index in [2.05, 4.69) is 23.4 Å². The van der Waals surface area contributed by atoms with Crippen LogP contribution in [0.25, 0.3) is 11.0 Å². The number of benzene rings is 1. The van der Waals surface area contributed by atoms with Gasteiger partial charge in [-0.15, -0.1) is 11.6 Å². The van der Waals surface area contributed by atoms with Gasteiger partial charge in [0.25, 0.3) is 0 Å². The average Bonchev–Trinajstić information content (AvgIpc) is 2.77. The molecule has 0 N–H and O–H groups in total. The molecule has 1 heterocycles. The number of fused-ring (bicyclic) bond motifs is 1. The van der Waals surface area contributed by atoms with Crippen molar-refractivity contribution in [3.63, 3.8) is 0 Å². The second-order valence-electron chi connectivity index (χ2n) is 4.92. The Morgan fingerprint density at radius 1 is 1.40 bits per heavy atom. The molecule has 0 bridgehead atoms. The van der Waals surface area contributed by atoms with Gasteiger partial charge in [0.15, 0.2) is 0 Å². The Bertz CT molecular complexity index is 583. The Kier molecular flexibility index (Phi) is 5.33. The van der Waals surface area contributed by atoms with Gasteiger partial charge in [-0.3, -0.25) is 0 Å². The van der Waals surface area contributed by atoms with E-state index in [9.17, 15) is 4.39 Å². The number of hydrogen-bond acceptors (Lipinski definition) is 2. The lowest BCUT2D eigenvalue weighted by molar-refractivity contribution is 0.525. The lowest BCUT2D eigenvalue weighted by Crippen LogP contribution is -2.11. The number of halogens is 2. The van der Waals surface area contributed by atoms with Crippen molar-refractivity contribution in [1.29, 1.82) is 0 Å². The molecule has 0 amide bonds. The zero-order valence-electron chi connectivity index (χ0n) is 12.1. The molecule has 110 valence electrons. The van der Waals surface area contributed by atoms with Crippen molar-refractivity contribution in [2.75, 3.05) is 11.5 Å². The molecule has 0 radical (unpaired) electrons. The van der Waals surface area contributed by atoms with E-state index in [1.54, 1.807) is 6.07 Å². The van der Waals surface area contributed by atoms with Crippen molar-refractivity contribution >= 4 is 34.4 Å². The summed E-state index contributed by atoms with van der Waals surface area (Å²) in [6.45, 7) is 6.24. The van der Waals surface area contributed by atoms with E-state index in [0.717, 1.165) is 29.3 Å². The summed E-state index contributed by atoms with van der Waals surface area (Å²) in [7, 11) is 0. The average molecular weight is 315 g/mol. The van der Waals surface area contributed by atoms with Crippen LogP contribution in [-0.4, -0.2) is 21.1 Å². The van der Waals surface area contributed by atoms with E-state index in [4.69, 9.17) is 11.6 Å². The van der Waals surface area contributed by atoms with Gasteiger partial charge in [0.2, 0.25) is 0 Å². The molecule has 0 saturated carbocycles. The van der Waals surface area contributed by atoms with Crippen LogP contribution in [0.5, 0.6) is 0 Å². The summed E-state index contributed by atoms with van der Waals surface area (Å²) in [5.41, 5.74) is 1.64. The first-order chi connectivity index (χ1) is 9.54. The zero-order valence-corrected chi connectivity index (χ0v) is 13.6. The Labute approximate surface area is 128 Å². The first kappa shape index (κ1) is 15.6. The van der Waals surface area contributed by atoms with E-state index < -0.39 is 0 Å². The third-order valence-corrected chi connectivity index (χ3v) is 4.49. The quantitative estimate of drug-likeness (QED) is 0.540. The number of nitrogens with zero attached hydrogens (tertiary/aromatic N) is 2. The van der Waals surface area contributed by atoms with Gasteiger partial charge >= 0.3 is 0 Å². The number of rotatable bonds is 6. The molecule has 1 aromatic carbocycles. The second kappa shape index (κ2) is 6.81. The van der Waals surface area contributed by atoms with Gasteiger partial charge in [0.05, 0.1) is 16.4 Å². The number of thioether (sulfide) groups is 1. The number of hydrogen-bond donors (Lipinski definition) is 0. The summed E-state index contributed by atoms with van der Waals surface area (Å²) < 4.78 is 15.5. The Morgan fingerprint density at radius 2 is 2.15 bits per heavy atom. The fraction of sp³-hybridized carbons (Fsp3) is 0.533. The predicted molar refractivity (Wildman–Crippen MR) is 86.3 cm³/mol. The summed E-state index contributed by atoms with van der Waals surface area (Å²) in [5, 5.41) is -0.188. The molecule has 0 aliphatic heterocycles. The van der Waals surface area contributed by atoms with Crippen molar-refractivity contribution < 1.29 is 4.39 Å². The van der Waals surface area contributed by atoms with Gasteiger partial charge in [-0.05, 0) is 43.9 Å². The van der Waals surface area contributed by atoms with Crippen LogP contribution in [0.4, 0.5) is 4.39 Å². The van der Waals surface area contributed by atoms with Crippen molar-refractivity contribution in [2.24, 2.45) is 0 Å². The molecule has 1 aromatic heterocycles. The van der Waals surface area contributed by atoms with Gasteiger partial charge in [-0.2, -0.15) is 11.8 Å². The second-order valence-corrected chi connectivity index (χ2v) is 6.97. The maximum atomic E-state index is 13.3.